The molecular formula is C27H38N4O4. The maximum atomic E-state index is 13.3. The van der Waals surface area contributed by atoms with Crippen LogP contribution in [-0.2, 0) is 9.47 Å². The van der Waals surface area contributed by atoms with Gasteiger partial charge in [-0.05, 0) is 77.3 Å². The monoisotopic (exact) mass is 482 g/mol. The van der Waals surface area contributed by atoms with Crippen LogP contribution in [0.3, 0.4) is 0 Å². The van der Waals surface area contributed by atoms with Crippen LogP contribution >= 0.6 is 0 Å². The summed E-state index contributed by atoms with van der Waals surface area (Å²) in [6, 6.07) is 7.51. The molecule has 1 unspecified atom stereocenters. The van der Waals surface area contributed by atoms with Gasteiger partial charge >= 0.3 is 0 Å². The first-order chi connectivity index (χ1) is 16.7. The van der Waals surface area contributed by atoms with Crippen molar-refractivity contribution in [3.05, 3.63) is 47.8 Å². The molecule has 1 aromatic heterocycles. The predicted molar refractivity (Wildman–Crippen MR) is 135 cm³/mol. The molecule has 3 heterocycles. The molecule has 0 bridgehead atoms. The first kappa shape index (κ1) is 25.4. The minimum atomic E-state index is -0.357. The Balaban J connectivity index is 1.44. The smallest absolute Gasteiger partial charge is 0.253 e. The minimum Gasteiger partial charge on any atom is -0.491 e. The maximum absolute atomic E-state index is 13.3. The molecule has 35 heavy (non-hydrogen) atoms. The van der Waals surface area contributed by atoms with Crippen LogP contribution in [0.5, 0.6) is 5.75 Å². The highest BCUT2D eigenvalue weighted by molar-refractivity contribution is 5.94. The second-order valence-electron chi connectivity index (χ2n) is 10.2. The van der Waals surface area contributed by atoms with E-state index in [0.29, 0.717) is 44.3 Å². The fourth-order valence-corrected chi connectivity index (χ4v) is 4.82. The number of carbonyl (C=O) groups is 1. The molecule has 8 nitrogen and oxygen atoms in total. The largest absolute Gasteiger partial charge is 0.491 e. The highest BCUT2D eigenvalue weighted by atomic mass is 16.6. The molecule has 0 aliphatic carbocycles. The first-order valence-corrected chi connectivity index (χ1v) is 12.6. The van der Waals surface area contributed by atoms with Gasteiger partial charge in [0.05, 0.1) is 37.1 Å². The van der Waals surface area contributed by atoms with Crippen molar-refractivity contribution in [3.8, 4) is 5.75 Å². The number of hydrogen-bond donors (Lipinski definition) is 0. The Morgan fingerprint density at radius 3 is 2.49 bits per heavy atom. The summed E-state index contributed by atoms with van der Waals surface area (Å²) in [5.74, 6) is 1.59. The zero-order valence-electron chi connectivity index (χ0n) is 21.6. The number of aromatic nitrogens is 2. The standard InChI is InChI=1S/C27H38N4O4/c1-19(2)33-17-23-16-31(26-28-11-6-12-29-26)18-27(35-23)9-13-30(14-10-27)25(32)22-7-8-24(21(5)15-22)34-20(3)4/h6-8,11-12,15,19-20,23H,9-10,13-14,16-18H2,1-5H3. The van der Waals surface area contributed by atoms with Gasteiger partial charge in [-0.1, -0.05) is 0 Å². The number of anilines is 1. The van der Waals surface area contributed by atoms with Crippen LogP contribution in [0.4, 0.5) is 5.95 Å². The molecule has 0 radical (unpaired) electrons. The first-order valence-electron chi connectivity index (χ1n) is 12.6. The van der Waals surface area contributed by atoms with E-state index < -0.39 is 0 Å². The number of hydrogen-bond acceptors (Lipinski definition) is 7. The zero-order valence-corrected chi connectivity index (χ0v) is 21.6. The second-order valence-corrected chi connectivity index (χ2v) is 10.2. The summed E-state index contributed by atoms with van der Waals surface area (Å²) in [4.78, 5) is 26.4. The lowest BCUT2D eigenvalue weighted by Gasteiger charge is -2.50. The van der Waals surface area contributed by atoms with Crippen molar-refractivity contribution in [1.29, 1.82) is 0 Å². The van der Waals surface area contributed by atoms with Gasteiger partial charge in [0.15, 0.2) is 0 Å². The third kappa shape index (κ3) is 6.30. The van der Waals surface area contributed by atoms with Crippen LogP contribution in [0.1, 0.15) is 56.5 Å². The van der Waals surface area contributed by atoms with Crippen LogP contribution < -0.4 is 9.64 Å². The van der Waals surface area contributed by atoms with Crippen molar-refractivity contribution in [2.45, 2.75) is 71.4 Å². The van der Waals surface area contributed by atoms with E-state index >= 15 is 0 Å². The van der Waals surface area contributed by atoms with Crippen molar-refractivity contribution in [3.63, 3.8) is 0 Å². The molecular weight excluding hydrogens is 444 g/mol. The topological polar surface area (TPSA) is 77.0 Å². The summed E-state index contributed by atoms with van der Waals surface area (Å²) in [5, 5.41) is 0. The summed E-state index contributed by atoms with van der Waals surface area (Å²) in [7, 11) is 0. The number of morpholine rings is 1. The number of benzene rings is 1. The van der Waals surface area contributed by atoms with Gasteiger partial charge in [0.25, 0.3) is 5.91 Å². The van der Waals surface area contributed by atoms with Gasteiger partial charge in [0, 0.05) is 37.6 Å². The lowest BCUT2D eigenvalue weighted by atomic mass is 9.88. The number of nitrogens with zero attached hydrogens (tertiary/aromatic N) is 4. The summed E-state index contributed by atoms with van der Waals surface area (Å²) < 4.78 is 18.4. The molecule has 190 valence electrons. The molecule has 1 spiro atoms. The number of ether oxygens (including phenoxy) is 3. The average molecular weight is 483 g/mol. The van der Waals surface area contributed by atoms with Gasteiger partial charge in [-0.15, -0.1) is 0 Å². The van der Waals surface area contributed by atoms with Crippen molar-refractivity contribution in [1.82, 2.24) is 14.9 Å². The van der Waals surface area contributed by atoms with Crippen molar-refractivity contribution in [2.75, 3.05) is 37.7 Å². The van der Waals surface area contributed by atoms with Crippen LogP contribution in [0, 0.1) is 6.92 Å². The van der Waals surface area contributed by atoms with E-state index in [1.165, 1.54) is 0 Å². The lowest BCUT2D eigenvalue weighted by Crippen LogP contribution is -2.61. The van der Waals surface area contributed by atoms with Crippen LogP contribution in [0.15, 0.2) is 36.7 Å². The molecule has 4 rings (SSSR count). The fraction of sp³-hybridized carbons (Fsp3) is 0.593. The number of amides is 1. The number of likely N-dealkylation sites (tertiary alicyclic amines) is 1. The number of piperidine rings is 1. The lowest BCUT2D eigenvalue weighted by molar-refractivity contribution is -0.152. The van der Waals surface area contributed by atoms with Crippen LogP contribution in [0.2, 0.25) is 0 Å². The van der Waals surface area contributed by atoms with Gasteiger partial charge in [-0.3, -0.25) is 4.79 Å². The molecule has 0 N–H and O–H groups in total. The van der Waals surface area contributed by atoms with Gasteiger partial charge in [-0.2, -0.15) is 0 Å². The summed E-state index contributed by atoms with van der Waals surface area (Å²) in [6.07, 6.45) is 5.21. The van der Waals surface area contributed by atoms with E-state index in [2.05, 4.69) is 14.9 Å². The van der Waals surface area contributed by atoms with E-state index in [9.17, 15) is 4.79 Å². The average Bonchev–Trinajstić information content (AvgIpc) is 2.84. The predicted octanol–water partition coefficient (Wildman–Crippen LogP) is 3.88. The summed E-state index contributed by atoms with van der Waals surface area (Å²) in [5.41, 5.74) is 1.31. The Morgan fingerprint density at radius 1 is 1.14 bits per heavy atom. The second kappa shape index (κ2) is 10.9. The molecule has 2 aromatic rings. The normalized spacial score (nSPS) is 20.0. The van der Waals surface area contributed by atoms with Crippen molar-refractivity contribution in [2.24, 2.45) is 0 Å². The third-order valence-corrected chi connectivity index (χ3v) is 6.52. The molecule has 2 aliphatic rings. The molecule has 1 aromatic carbocycles. The Morgan fingerprint density at radius 2 is 1.86 bits per heavy atom. The third-order valence-electron chi connectivity index (χ3n) is 6.52. The molecule has 2 saturated heterocycles. The van der Waals surface area contributed by atoms with E-state index in [4.69, 9.17) is 14.2 Å². The van der Waals surface area contributed by atoms with Crippen molar-refractivity contribution < 1.29 is 19.0 Å². The minimum absolute atomic E-state index is 0.0535. The van der Waals surface area contributed by atoms with E-state index in [1.807, 2.05) is 63.8 Å². The Bertz CT molecular complexity index is 990. The molecule has 2 fully saturated rings. The summed E-state index contributed by atoms with van der Waals surface area (Å²) in [6.45, 7) is 13.2. The Labute approximate surface area is 208 Å². The van der Waals surface area contributed by atoms with Crippen molar-refractivity contribution >= 4 is 11.9 Å². The highest BCUT2D eigenvalue weighted by Gasteiger charge is 2.44. The Hall–Kier alpha value is -2.71. The van der Waals surface area contributed by atoms with Crippen LogP contribution in [0.25, 0.3) is 0 Å². The van der Waals surface area contributed by atoms with E-state index in [0.717, 1.165) is 24.2 Å². The molecule has 1 amide bonds. The number of rotatable bonds is 7. The SMILES string of the molecule is Cc1cc(C(=O)N2CCC3(CC2)CN(c2ncccn2)CC(COC(C)C)O3)ccc1OC(C)C. The highest BCUT2D eigenvalue weighted by Crippen LogP contribution is 2.34. The number of aryl methyl sites for hydroxylation is 1. The molecule has 1 atom stereocenters. The van der Waals surface area contributed by atoms with Crippen LogP contribution in [-0.4, -0.2) is 77.5 Å². The number of carbonyl (C=O) groups excluding carboxylic acids is 1. The van der Waals surface area contributed by atoms with Gasteiger partial charge in [0.2, 0.25) is 5.95 Å². The molecule has 2 aliphatic heterocycles. The summed E-state index contributed by atoms with van der Waals surface area (Å²) >= 11 is 0. The maximum Gasteiger partial charge on any atom is 0.253 e. The molecule has 0 saturated carbocycles. The van der Waals surface area contributed by atoms with Gasteiger partial charge in [-0.25, -0.2) is 9.97 Å². The van der Waals surface area contributed by atoms with Gasteiger partial charge in [0.1, 0.15) is 5.75 Å². The van der Waals surface area contributed by atoms with Gasteiger partial charge < -0.3 is 24.0 Å². The van der Waals surface area contributed by atoms with E-state index in [-0.39, 0.29) is 29.8 Å². The fourth-order valence-electron chi connectivity index (χ4n) is 4.82. The quantitative estimate of drug-likeness (QED) is 0.593. The molecule has 8 heteroatoms. The van der Waals surface area contributed by atoms with E-state index in [1.54, 1.807) is 12.4 Å². The Kier molecular flexibility index (Phi) is 7.91. The zero-order chi connectivity index (χ0) is 25.0.